The summed E-state index contributed by atoms with van der Waals surface area (Å²) in [6, 6.07) is 33.0. The van der Waals surface area contributed by atoms with E-state index < -0.39 is 60.1 Å². The molecule has 0 fully saturated rings. The number of carbonyl (C=O) groups excluding carboxylic acids is 2. The third kappa shape index (κ3) is 7.53. The SMILES string of the molecule is O=C(N[C@H]1c2ccccc2C[C@H]1O)C(CCc1ccccc1)C(O)C(O)C(CCc1ccccc1)C(=O)N[C@H]1c2ccccc2C[C@H]1O. The van der Waals surface area contributed by atoms with Crippen molar-refractivity contribution in [1.82, 2.24) is 10.6 Å². The van der Waals surface area contributed by atoms with Gasteiger partial charge < -0.3 is 31.1 Å². The number of carbonyl (C=O) groups is 2. The summed E-state index contributed by atoms with van der Waals surface area (Å²) in [6.07, 6.45) is -2.69. The van der Waals surface area contributed by atoms with Crippen LogP contribution in [-0.2, 0) is 35.3 Å². The average molecular weight is 649 g/mol. The molecule has 4 aromatic rings. The number of hydrogen-bond donors (Lipinski definition) is 6. The molecule has 0 radical (unpaired) electrons. The van der Waals surface area contributed by atoms with Crippen LogP contribution < -0.4 is 10.6 Å². The first-order chi connectivity index (χ1) is 23.3. The van der Waals surface area contributed by atoms with Crippen molar-refractivity contribution in [2.45, 2.75) is 75.0 Å². The van der Waals surface area contributed by atoms with Crippen LogP contribution in [0.5, 0.6) is 0 Å². The molecule has 0 saturated carbocycles. The molecule has 2 aliphatic rings. The Hall–Kier alpha value is -4.34. The normalized spacial score (nSPS) is 22.2. The molecule has 4 unspecified atom stereocenters. The predicted octanol–water partition coefficient (Wildman–Crippen LogP) is 3.76. The summed E-state index contributed by atoms with van der Waals surface area (Å²) in [6.45, 7) is 0. The Labute approximate surface area is 281 Å². The predicted molar refractivity (Wildman–Crippen MR) is 183 cm³/mol. The molecule has 6 N–H and O–H groups in total. The summed E-state index contributed by atoms with van der Waals surface area (Å²) in [4.78, 5) is 28.1. The minimum atomic E-state index is -1.59. The van der Waals surface area contributed by atoms with Crippen LogP contribution in [0, 0.1) is 11.8 Å². The Morgan fingerprint density at radius 3 is 1.31 bits per heavy atom. The lowest BCUT2D eigenvalue weighted by molar-refractivity contribution is -0.143. The number of rotatable bonds is 13. The van der Waals surface area contributed by atoms with E-state index in [1.807, 2.05) is 109 Å². The Balaban J connectivity index is 1.25. The summed E-state index contributed by atoms with van der Waals surface area (Å²) in [5.41, 5.74) is 5.48. The van der Waals surface area contributed by atoms with Gasteiger partial charge in [0.15, 0.2) is 0 Å². The first-order valence-corrected chi connectivity index (χ1v) is 16.9. The minimum Gasteiger partial charge on any atom is -0.390 e. The van der Waals surface area contributed by atoms with Crippen LogP contribution >= 0.6 is 0 Å². The van der Waals surface area contributed by atoms with E-state index in [0.717, 1.165) is 33.4 Å². The second kappa shape index (κ2) is 15.3. The third-order valence-corrected chi connectivity index (χ3v) is 10.0. The van der Waals surface area contributed by atoms with Crippen LogP contribution in [0.25, 0.3) is 0 Å². The van der Waals surface area contributed by atoms with Gasteiger partial charge in [-0.05, 0) is 59.1 Å². The zero-order chi connectivity index (χ0) is 33.6. The summed E-state index contributed by atoms with van der Waals surface area (Å²) in [5.74, 6) is -3.16. The molecular formula is C40H44N2O6. The van der Waals surface area contributed by atoms with E-state index in [9.17, 15) is 30.0 Å². The van der Waals surface area contributed by atoms with E-state index in [-0.39, 0.29) is 12.8 Å². The zero-order valence-corrected chi connectivity index (χ0v) is 26.9. The highest BCUT2D eigenvalue weighted by Gasteiger charge is 2.42. The van der Waals surface area contributed by atoms with E-state index >= 15 is 0 Å². The standard InChI is InChI=1S/C40H44N2O6/c43-33-23-27-15-7-9-17-29(27)35(33)41-39(47)31(21-19-25-11-3-1-4-12-25)37(45)38(46)32(22-20-26-13-5-2-6-14-26)40(48)42-36-30-18-10-8-16-28(30)24-34(36)44/h1-18,31-38,43-46H,19-24H2,(H,41,47)(H,42,48)/t31?,32?,33-,34-,35+,36+,37?,38?/m1/s1. The van der Waals surface area contributed by atoms with E-state index in [1.165, 1.54) is 0 Å². The van der Waals surface area contributed by atoms with Gasteiger partial charge in [0.05, 0.1) is 48.3 Å². The second-order valence-corrected chi connectivity index (χ2v) is 13.2. The van der Waals surface area contributed by atoms with E-state index in [0.29, 0.717) is 25.7 Å². The third-order valence-electron chi connectivity index (χ3n) is 10.0. The van der Waals surface area contributed by atoms with Crippen molar-refractivity contribution >= 4 is 11.8 Å². The molecule has 2 amide bonds. The van der Waals surface area contributed by atoms with Crippen molar-refractivity contribution in [1.29, 1.82) is 0 Å². The van der Waals surface area contributed by atoms with Crippen molar-refractivity contribution in [3.8, 4) is 0 Å². The first kappa shape index (κ1) is 33.6. The maximum absolute atomic E-state index is 14.0. The Bertz CT molecular complexity index is 1560. The summed E-state index contributed by atoms with van der Waals surface area (Å²) < 4.78 is 0. The molecule has 0 aliphatic heterocycles. The van der Waals surface area contributed by atoms with Crippen molar-refractivity contribution in [3.05, 3.63) is 143 Å². The van der Waals surface area contributed by atoms with Crippen molar-refractivity contribution in [2.75, 3.05) is 0 Å². The highest BCUT2D eigenvalue weighted by molar-refractivity contribution is 5.82. The van der Waals surface area contributed by atoms with E-state index in [1.54, 1.807) is 0 Å². The number of aliphatic hydroxyl groups is 4. The Morgan fingerprint density at radius 2 is 0.917 bits per heavy atom. The maximum Gasteiger partial charge on any atom is 0.226 e. The molecule has 6 rings (SSSR count). The topological polar surface area (TPSA) is 139 Å². The van der Waals surface area contributed by atoms with Gasteiger partial charge in [-0.3, -0.25) is 9.59 Å². The zero-order valence-electron chi connectivity index (χ0n) is 26.9. The van der Waals surface area contributed by atoms with E-state index in [2.05, 4.69) is 10.6 Å². The van der Waals surface area contributed by atoms with Crippen LogP contribution in [0.4, 0.5) is 0 Å². The lowest BCUT2D eigenvalue weighted by Crippen LogP contribution is -2.51. The fraction of sp³-hybridized carbons (Fsp3) is 0.350. The Morgan fingerprint density at radius 1 is 0.562 bits per heavy atom. The number of nitrogens with one attached hydrogen (secondary N) is 2. The van der Waals surface area contributed by atoms with Crippen molar-refractivity contribution in [3.63, 3.8) is 0 Å². The van der Waals surface area contributed by atoms with Crippen LogP contribution in [-0.4, -0.2) is 56.7 Å². The van der Waals surface area contributed by atoms with Gasteiger partial charge in [0.2, 0.25) is 11.8 Å². The quantitative estimate of drug-likeness (QED) is 0.131. The molecule has 0 bridgehead atoms. The Kier molecular flexibility index (Phi) is 10.7. The lowest BCUT2D eigenvalue weighted by Gasteiger charge is -2.33. The summed E-state index contributed by atoms with van der Waals surface area (Å²) >= 11 is 0. The minimum absolute atomic E-state index is 0.209. The monoisotopic (exact) mass is 648 g/mol. The van der Waals surface area contributed by atoms with Gasteiger partial charge in [-0.1, -0.05) is 109 Å². The molecule has 8 nitrogen and oxygen atoms in total. The van der Waals surface area contributed by atoms with Crippen LogP contribution in [0.3, 0.4) is 0 Å². The number of fused-ring (bicyclic) bond motifs is 2. The van der Waals surface area contributed by atoms with Crippen LogP contribution in [0.1, 0.15) is 58.3 Å². The summed E-state index contributed by atoms with van der Waals surface area (Å²) in [5, 5.41) is 51.3. The highest BCUT2D eigenvalue weighted by Crippen LogP contribution is 2.34. The maximum atomic E-state index is 14.0. The lowest BCUT2D eigenvalue weighted by atomic mass is 9.82. The number of benzene rings is 4. The summed E-state index contributed by atoms with van der Waals surface area (Å²) in [7, 11) is 0. The second-order valence-electron chi connectivity index (χ2n) is 13.2. The van der Waals surface area contributed by atoms with Gasteiger partial charge >= 0.3 is 0 Å². The van der Waals surface area contributed by atoms with Crippen molar-refractivity contribution in [2.24, 2.45) is 11.8 Å². The molecule has 0 aromatic heterocycles. The van der Waals surface area contributed by atoms with Crippen LogP contribution in [0.2, 0.25) is 0 Å². The van der Waals surface area contributed by atoms with Gasteiger partial charge in [-0.25, -0.2) is 0 Å². The molecular weight excluding hydrogens is 604 g/mol. The molecule has 8 atom stereocenters. The first-order valence-electron chi connectivity index (χ1n) is 16.9. The smallest absolute Gasteiger partial charge is 0.226 e. The molecule has 250 valence electrons. The molecule has 0 heterocycles. The fourth-order valence-electron chi connectivity index (χ4n) is 7.34. The molecule has 0 saturated heterocycles. The average Bonchev–Trinajstić information content (AvgIpc) is 3.59. The number of aliphatic hydroxyl groups excluding tert-OH is 4. The molecule has 0 spiro atoms. The number of hydrogen-bond acceptors (Lipinski definition) is 6. The van der Waals surface area contributed by atoms with Gasteiger partial charge in [-0.15, -0.1) is 0 Å². The van der Waals surface area contributed by atoms with Gasteiger partial charge in [-0.2, -0.15) is 0 Å². The molecule has 4 aromatic carbocycles. The van der Waals surface area contributed by atoms with Crippen LogP contribution in [0.15, 0.2) is 109 Å². The van der Waals surface area contributed by atoms with E-state index in [4.69, 9.17) is 0 Å². The molecule has 8 heteroatoms. The van der Waals surface area contributed by atoms with Gasteiger partial charge in [0, 0.05) is 12.8 Å². The largest absolute Gasteiger partial charge is 0.390 e. The number of amides is 2. The van der Waals surface area contributed by atoms with Gasteiger partial charge in [0.25, 0.3) is 0 Å². The number of aryl methyl sites for hydroxylation is 2. The fourth-order valence-corrected chi connectivity index (χ4v) is 7.34. The molecule has 2 aliphatic carbocycles. The molecule has 48 heavy (non-hydrogen) atoms. The highest BCUT2D eigenvalue weighted by atomic mass is 16.3. The van der Waals surface area contributed by atoms with Gasteiger partial charge in [0.1, 0.15) is 0 Å². The van der Waals surface area contributed by atoms with Crippen molar-refractivity contribution < 1.29 is 30.0 Å².